The molecule has 2 rings (SSSR count). The van der Waals surface area contributed by atoms with Crippen LogP contribution in [0.2, 0.25) is 0 Å². The van der Waals surface area contributed by atoms with E-state index in [2.05, 4.69) is 4.98 Å². The molecule has 0 atom stereocenters. The van der Waals surface area contributed by atoms with Crippen LogP contribution in [0.5, 0.6) is 0 Å². The van der Waals surface area contributed by atoms with Gasteiger partial charge in [-0.1, -0.05) is 13.0 Å². The number of hydrogen-bond acceptors (Lipinski definition) is 5. The highest BCUT2D eigenvalue weighted by Crippen LogP contribution is 2.15. The van der Waals surface area contributed by atoms with E-state index < -0.39 is 9.84 Å². The molecule has 0 fully saturated rings. The highest BCUT2D eigenvalue weighted by Gasteiger charge is 2.17. The Kier molecular flexibility index (Phi) is 4.74. The lowest BCUT2D eigenvalue weighted by atomic mass is 10.2. The fraction of sp³-hybridized carbons (Fsp3) is 0.286. The van der Waals surface area contributed by atoms with Crippen molar-refractivity contribution in [1.29, 1.82) is 0 Å². The predicted octanol–water partition coefficient (Wildman–Crippen LogP) is 2.21. The third-order valence-electron chi connectivity index (χ3n) is 3.05. The average molecular weight is 324 g/mol. The second-order valence-electron chi connectivity index (χ2n) is 4.57. The van der Waals surface area contributed by atoms with Crippen molar-refractivity contribution in [3.05, 3.63) is 46.4 Å². The maximum Gasteiger partial charge on any atom is 0.253 e. The molecule has 1 amide bonds. The van der Waals surface area contributed by atoms with E-state index in [-0.39, 0.29) is 16.6 Å². The lowest BCUT2D eigenvalue weighted by Gasteiger charge is -2.16. The van der Waals surface area contributed by atoms with Crippen LogP contribution in [0.25, 0.3) is 0 Å². The van der Waals surface area contributed by atoms with Crippen LogP contribution in [0.15, 0.2) is 40.1 Å². The van der Waals surface area contributed by atoms with E-state index in [4.69, 9.17) is 0 Å². The summed E-state index contributed by atoms with van der Waals surface area (Å²) in [6.07, 6.45) is 0. The van der Waals surface area contributed by atoms with Gasteiger partial charge in [-0.15, -0.1) is 11.3 Å². The molecule has 0 aliphatic carbocycles. The number of carbonyl (C=O) groups is 1. The van der Waals surface area contributed by atoms with E-state index in [1.54, 1.807) is 31.6 Å². The Morgan fingerprint density at radius 3 is 2.76 bits per heavy atom. The highest BCUT2D eigenvalue weighted by atomic mass is 32.2. The van der Waals surface area contributed by atoms with E-state index in [1.807, 2.05) is 5.38 Å². The Balaban J connectivity index is 2.21. The summed E-state index contributed by atoms with van der Waals surface area (Å²) in [5.41, 5.74) is 2.89. The van der Waals surface area contributed by atoms with Crippen molar-refractivity contribution in [3.8, 4) is 0 Å². The second kappa shape index (κ2) is 6.36. The van der Waals surface area contributed by atoms with Crippen molar-refractivity contribution < 1.29 is 13.2 Å². The Bertz CT molecular complexity index is 724. The first-order chi connectivity index (χ1) is 9.94. The van der Waals surface area contributed by atoms with Crippen molar-refractivity contribution in [3.63, 3.8) is 0 Å². The van der Waals surface area contributed by atoms with E-state index >= 15 is 0 Å². The molecule has 5 nitrogen and oxygen atoms in total. The predicted molar refractivity (Wildman–Crippen MR) is 82.1 cm³/mol. The van der Waals surface area contributed by atoms with Crippen LogP contribution in [-0.4, -0.2) is 37.0 Å². The number of benzene rings is 1. The van der Waals surface area contributed by atoms with Crippen molar-refractivity contribution in [2.75, 3.05) is 12.8 Å². The molecule has 0 aliphatic heterocycles. The molecule has 2 aromatic rings. The molecule has 0 spiro atoms. The third kappa shape index (κ3) is 3.68. The average Bonchev–Trinajstić information content (AvgIpc) is 2.99. The van der Waals surface area contributed by atoms with Crippen LogP contribution < -0.4 is 0 Å². The van der Waals surface area contributed by atoms with Gasteiger partial charge >= 0.3 is 0 Å². The summed E-state index contributed by atoms with van der Waals surface area (Å²) >= 11 is 1.47. The summed E-state index contributed by atoms with van der Waals surface area (Å²) in [5.74, 6) is -0.213. The zero-order chi connectivity index (χ0) is 15.5. The Morgan fingerprint density at radius 2 is 2.14 bits per heavy atom. The maximum atomic E-state index is 12.3. The Labute approximate surface area is 128 Å². The standard InChI is InChI=1S/C14H16N2O3S2/c1-3-21(18,19)13-6-4-5-11(7-13)14(17)16(2)8-12-9-20-10-15-12/h4-7,9-10H,3,8H2,1-2H3. The number of nitrogens with zero attached hydrogens (tertiary/aromatic N) is 2. The number of amides is 1. The summed E-state index contributed by atoms with van der Waals surface area (Å²) in [7, 11) is -1.64. The molecular formula is C14H16N2O3S2. The largest absolute Gasteiger partial charge is 0.336 e. The molecule has 0 N–H and O–H groups in total. The highest BCUT2D eigenvalue weighted by molar-refractivity contribution is 7.91. The van der Waals surface area contributed by atoms with E-state index in [9.17, 15) is 13.2 Å². The number of sulfone groups is 1. The van der Waals surface area contributed by atoms with Gasteiger partial charge in [-0.3, -0.25) is 4.79 Å². The zero-order valence-electron chi connectivity index (χ0n) is 11.8. The fourth-order valence-electron chi connectivity index (χ4n) is 1.84. The van der Waals surface area contributed by atoms with Crippen LogP contribution in [0.1, 0.15) is 23.0 Å². The SMILES string of the molecule is CCS(=O)(=O)c1cccc(C(=O)N(C)Cc2cscn2)c1. The minimum atomic E-state index is -3.31. The number of carbonyl (C=O) groups excluding carboxylic acids is 1. The first kappa shape index (κ1) is 15.7. The van der Waals surface area contributed by atoms with Gasteiger partial charge in [0, 0.05) is 18.0 Å². The molecule has 112 valence electrons. The molecule has 0 saturated carbocycles. The van der Waals surface area contributed by atoms with Gasteiger partial charge in [-0.05, 0) is 18.2 Å². The molecule has 0 saturated heterocycles. The summed E-state index contributed by atoms with van der Waals surface area (Å²) in [5, 5.41) is 1.88. The molecule has 1 heterocycles. The number of thiazole rings is 1. The van der Waals surface area contributed by atoms with E-state index in [1.165, 1.54) is 28.4 Å². The summed E-state index contributed by atoms with van der Waals surface area (Å²) in [6, 6.07) is 6.15. The fourth-order valence-corrected chi connectivity index (χ4v) is 3.32. The van der Waals surface area contributed by atoms with Crippen LogP contribution in [0.4, 0.5) is 0 Å². The quantitative estimate of drug-likeness (QED) is 0.845. The van der Waals surface area contributed by atoms with E-state index in [0.717, 1.165) is 5.69 Å². The molecule has 7 heteroatoms. The molecule has 0 bridgehead atoms. The number of hydrogen-bond donors (Lipinski definition) is 0. The van der Waals surface area contributed by atoms with Crippen LogP contribution in [0.3, 0.4) is 0 Å². The smallest absolute Gasteiger partial charge is 0.253 e. The van der Waals surface area contributed by atoms with Gasteiger partial charge in [0.1, 0.15) is 0 Å². The molecule has 0 aliphatic rings. The topological polar surface area (TPSA) is 67.3 Å². The Hall–Kier alpha value is -1.73. The van der Waals surface area contributed by atoms with Gasteiger partial charge in [0.15, 0.2) is 9.84 Å². The normalized spacial score (nSPS) is 11.3. The van der Waals surface area contributed by atoms with Gasteiger partial charge in [0.25, 0.3) is 5.91 Å². The lowest BCUT2D eigenvalue weighted by molar-refractivity contribution is 0.0783. The summed E-state index contributed by atoms with van der Waals surface area (Å²) in [6.45, 7) is 1.98. The molecule has 1 aromatic carbocycles. The van der Waals surface area contributed by atoms with Gasteiger partial charge in [0.05, 0.1) is 28.4 Å². The van der Waals surface area contributed by atoms with Gasteiger partial charge in [-0.25, -0.2) is 13.4 Å². The van der Waals surface area contributed by atoms with Gasteiger partial charge in [-0.2, -0.15) is 0 Å². The molecule has 0 radical (unpaired) electrons. The van der Waals surface area contributed by atoms with Crippen molar-refractivity contribution in [2.24, 2.45) is 0 Å². The molecular weight excluding hydrogens is 308 g/mol. The Morgan fingerprint density at radius 1 is 1.38 bits per heavy atom. The molecule has 1 aromatic heterocycles. The lowest BCUT2D eigenvalue weighted by Crippen LogP contribution is -2.26. The zero-order valence-corrected chi connectivity index (χ0v) is 13.4. The van der Waals surface area contributed by atoms with Gasteiger partial charge < -0.3 is 4.90 Å². The monoisotopic (exact) mass is 324 g/mol. The first-order valence-corrected chi connectivity index (χ1v) is 8.99. The number of aromatic nitrogens is 1. The third-order valence-corrected chi connectivity index (χ3v) is 5.42. The van der Waals surface area contributed by atoms with Crippen molar-refractivity contribution in [2.45, 2.75) is 18.4 Å². The minimum Gasteiger partial charge on any atom is -0.336 e. The summed E-state index contributed by atoms with van der Waals surface area (Å²) in [4.78, 5) is 18.2. The van der Waals surface area contributed by atoms with Crippen LogP contribution in [-0.2, 0) is 16.4 Å². The second-order valence-corrected chi connectivity index (χ2v) is 7.57. The molecule has 21 heavy (non-hydrogen) atoms. The maximum absolute atomic E-state index is 12.3. The van der Waals surface area contributed by atoms with Gasteiger partial charge in [0.2, 0.25) is 0 Å². The summed E-state index contributed by atoms with van der Waals surface area (Å²) < 4.78 is 23.7. The first-order valence-electron chi connectivity index (χ1n) is 6.39. The van der Waals surface area contributed by atoms with Crippen molar-refractivity contribution in [1.82, 2.24) is 9.88 Å². The van der Waals surface area contributed by atoms with Crippen LogP contribution >= 0.6 is 11.3 Å². The number of rotatable bonds is 5. The van der Waals surface area contributed by atoms with E-state index in [0.29, 0.717) is 12.1 Å². The minimum absolute atomic E-state index is 0.0132. The van der Waals surface area contributed by atoms with Crippen molar-refractivity contribution >= 4 is 27.1 Å². The molecule has 0 unspecified atom stereocenters. The van der Waals surface area contributed by atoms with Crippen LogP contribution in [0, 0.1) is 0 Å².